The zero-order valence-corrected chi connectivity index (χ0v) is 18.7. The van der Waals surface area contributed by atoms with E-state index in [-0.39, 0.29) is 18.6 Å². The van der Waals surface area contributed by atoms with E-state index in [1.807, 2.05) is 69.3 Å². The van der Waals surface area contributed by atoms with Gasteiger partial charge in [0.2, 0.25) is 5.91 Å². The van der Waals surface area contributed by atoms with Crippen LogP contribution >= 0.6 is 0 Å². The molecule has 32 heavy (non-hydrogen) atoms. The Kier molecular flexibility index (Phi) is 7.51. The Morgan fingerprint density at radius 1 is 1.03 bits per heavy atom. The summed E-state index contributed by atoms with van der Waals surface area (Å²) in [6.07, 6.45) is -0.577. The number of carbonyl (C=O) groups is 3. The minimum absolute atomic E-state index is 0.0619. The van der Waals surface area contributed by atoms with Crippen molar-refractivity contribution in [2.45, 2.75) is 51.6 Å². The van der Waals surface area contributed by atoms with Crippen LogP contribution in [0, 0.1) is 0 Å². The number of ether oxygens (including phenoxy) is 1. The molecule has 7 heteroatoms. The monoisotopic (exact) mass is 438 g/mol. The lowest BCUT2D eigenvalue weighted by atomic mass is 9.98. The van der Waals surface area contributed by atoms with Crippen LogP contribution in [0.1, 0.15) is 50.7 Å². The zero-order chi connectivity index (χ0) is 23.3. The number of rotatable bonds is 9. The molecule has 2 aromatic carbocycles. The number of benzene rings is 2. The summed E-state index contributed by atoms with van der Waals surface area (Å²) in [4.78, 5) is 38.4. The van der Waals surface area contributed by atoms with Gasteiger partial charge >= 0.3 is 12.1 Å². The van der Waals surface area contributed by atoms with E-state index in [0.29, 0.717) is 6.54 Å². The maximum absolute atomic E-state index is 12.9. The molecule has 7 nitrogen and oxygen atoms in total. The Morgan fingerprint density at radius 2 is 1.59 bits per heavy atom. The van der Waals surface area contributed by atoms with E-state index in [9.17, 15) is 19.5 Å². The van der Waals surface area contributed by atoms with Crippen molar-refractivity contribution in [2.24, 2.45) is 0 Å². The molecule has 2 amide bonds. The molecule has 1 aliphatic rings. The first kappa shape index (κ1) is 23.3. The highest BCUT2D eigenvalue weighted by Gasteiger charge is 2.32. The lowest BCUT2D eigenvalue weighted by Gasteiger charge is -2.30. The number of nitrogens with zero attached hydrogens (tertiary/aromatic N) is 1. The van der Waals surface area contributed by atoms with Gasteiger partial charge in [0.15, 0.2) is 0 Å². The van der Waals surface area contributed by atoms with Crippen LogP contribution in [0.2, 0.25) is 0 Å². The van der Waals surface area contributed by atoms with Crippen molar-refractivity contribution in [3.8, 4) is 11.1 Å². The Bertz CT molecular complexity index is 944. The fraction of sp³-hybridized carbons (Fsp3) is 0.400. The highest BCUT2D eigenvalue weighted by Crippen LogP contribution is 2.44. The number of carbonyl (C=O) groups excluding carboxylic acids is 2. The quantitative estimate of drug-likeness (QED) is 0.617. The normalized spacial score (nSPS) is 14.1. The minimum Gasteiger partial charge on any atom is -0.481 e. The van der Waals surface area contributed by atoms with Gasteiger partial charge in [-0.25, -0.2) is 4.79 Å². The van der Waals surface area contributed by atoms with Crippen LogP contribution in [0.4, 0.5) is 4.79 Å². The number of likely N-dealkylation sites (N-methyl/N-ethyl adjacent to an activating group) is 1. The number of amides is 2. The van der Waals surface area contributed by atoms with E-state index in [1.165, 1.54) is 0 Å². The largest absolute Gasteiger partial charge is 0.481 e. The van der Waals surface area contributed by atoms with E-state index < -0.39 is 30.4 Å². The first-order chi connectivity index (χ1) is 15.4. The standard InChI is InChI=1S/C25H30N2O5/c1-4-16(3)27(5-2)24(30)22(14-23(28)29)26-25(31)32-15-21-19-12-8-6-10-17(19)18-11-7-9-13-20(18)21/h6-13,16,21-22H,4-5,14-15H2,1-3H3,(H,26,31)(H,28,29). The smallest absolute Gasteiger partial charge is 0.407 e. The number of hydrogen-bond acceptors (Lipinski definition) is 4. The molecule has 2 N–H and O–H groups in total. The van der Waals surface area contributed by atoms with Crippen molar-refractivity contribution >= 4 is 18.0 Å². The van der Waals surface area contributed by atoms with Gasteiger partial charge in [0.1, 0.15) is 12.6 Å². The summed E-state index contributed by atoms with van der Waals surface area (Å²) in [5, 5.41) is 11.7. The summed E-state index contributed by atoms with van der Waals surface area (Å²) in [7, 11) is 0. The van der Waals surface area contributed by atoms with Gasteiger partial charge in [-0.1, -0.05) is 55.5 Å². The first-order valence-corrected chi connectivity index (χ1v) is 11.0. The second-order valence-corrected chi connectivity index (χ2v) is 8.00. The fourth-order valence-corrected chi connectivity index (χ4v) is 4.26. The van der Waals surface area contributed by atoms with Crippen LogP contribution in [-0.2, 0) is 14.3 Å². The molecule has 0 aliphatic heterocycles. The lowest BCUT2D eigenvalue weighted by Crippen LogP contribution is -2.52. The van der Waals surface area contributed by atoms with E-state index in [1.54, 1.807) is 4.90 Å². The Morgan fingerprint density at radius 3 is 2.09 bits per heavy atom. The molecule has 0 bridgehead atoms. The van der Waals surface area contributed by atoms with Crippen LogP contribution in [-0.4, -0.2) is 53.2 Å². The second-order valence-electron chi connectivity index (χ2n) is 8.00. The van der Waals surface area contributed by atoms with Gasteiger partial charge in [-0.05, 0) is 42.5 Å². The molecule has 1 aliphatic carbocycles. The molecule has 3 rings (SSSR count). The van der Waals surface area contributed by atoms with Gasteiger partial charge in [0, 0.05) is 18.5 Å². The number of aliphatic carboxylic acids is 1. The molecule has 0 aromatic heterocycles. The van der Waals surface area contributed by atoms with Crippen LogP contribution in [0.3, 0.4) is 0 Å². The zero-order valence-electron chi connectivity index (χ0n) is 18.7. The molecule has 0 saturated heterocycles. The summed E-state index contributed by atoms with van der Waals surface area (Å²) in [6.45, 7) is 6.19. The van der Waals surface area contributed by atoms with Gasteiger partial charge < -0.3 is 20.1 Å². The van der Waals surface area contributed by atoms with Crippen molar-refractivity contribution in [1.29, 1.82) is 0 Å². The highest BCUT2D eigenvalue weighted by atomic mass is 16.5. The number of carboxylic acids is 1. The molecule has 0 saturated carbocycles. The number of hydrogen-bond donors (Lipinski definition) is 2. The van der Waals surface area contributed by atoms with Gasteiger partial charge in [-0.15, -0.1) is 0 Å². The number of nitrogens with one attached hydrogen (secondary N) is 1. The molecule has 170 valence electrons. The number of fused-ring (bicyclic) bond motifs is 3. The van der Waals surface area contributed by atoms with Crippen LogP contribution in [0.5, 0.6) is 0 Å². The van der Waals surface area contributed by atoms with E-state index >= 15 is 0 Å². The first-order valence-electron chi connectivity index (χ1n) is 11.0. The third kappa shape index (κ3) is 4.93. The molecule has 0 radical (unpaired) electrons. The van der Waals surface area contributed by atoms with E-state index in [4.69, 9.17) is 4.74 Å². The van der Waals surface area contributed by atoms with Crippen LogP contribution in [0.15, 0.2) is 48.5 Å². The molecular weight excluding hydrogens is 408 g/mol. The highest BCUT2D eigenvalue weighted by molar-refractivity contribution is 5.89. The summed E-state index contributed by atoms with van der Waals surface area (Å²) >= 11 is 0. The van der Waals surface area contributed by atoms with Gasteiger partial charge in [0.05, 0.1) is 6.42 Å². The number of carboxylic acid groups (broad SMARTS) is 1. The van der Waals surface area contributed by atoms with E-state index in [2.05, 4.69) is 5.32 Å². The molecule has 2 unspecified atom stereocenters. The Balaban J connectivity index is 1.71. The van der Waals surface area contributed by atoms with Crippen LogP contribution in [0.25, 0.3) is 11.1 Å². The Labute approximate surface area is 188 Å². The lowest BCUT2D eigenvalue weighted by molar-refractivity contribution is -0.143. The molecule has 0 spiro atoms. The summed E-state index contributed by atoms with van der Waals surface area (Å²) in [5.41, 5.74) is 4.38. The third-order valence-corrected chi connectivity index (χ3v) is 6.06. The van der Waals surface area contributed by atoms with Gasteiger partial charge in [-0.2, -0.15) is 0 Å². The maximum Gasteiger partial charge on any atom is 0.407 e. The molecule has 2 atom stereocenters. The van der Waals surface area contributed by atoms with Crippen molar-refractivity contribution in [1.82, 2.24) is 10.2 Å². The predicted octanol–water partition coefficient (Wildman–Crippen LogP) is 4.02. The van der Waals surface area contributed by atoms with Crippen molar-refractivity contribution in [3.05, 3.63) is 59.7 Å². The third-order valence-electron chi connectivity index (χ3n) is 6.06. The van der Waals surface area contributed by atoms with Gasteiger partial charge in [0.25, 0.3) is 0 Å². The molecular formula is C25H30N2O5. The molecule has 0 fully saturated rings. The van der Waals surface area contributed by atoms with Gasteiger partial charge in [-0.3, -0.25) is 9.59 Å². The average Bonchev–Trinajstić information content (AvgIpc) is 3.11. The van der Waals surface area contributed by atoms with Crippen LogP contribution < -0.4 is 5.32 Å². The van der Waals surface area contributed by atoms with E-state index in [0.717, 1.165) is 28.7 Å². The average molecular weight is 439 g/mol. The maximum atomic E-state index is 12.9. The SMILES string of the molecule is CCC(C)N(CC)C(=O)C(CC(=O)O)NC(=O)OCC1c2ccccc2-c2ccccc21. The summed E-state index contributed by atoms with van der Waals surface area (Å²) in [6, 6.07) is 14.7. The number of alkyl carbamates (subject to hydrolysis) is 1. The second kappa shape index (κ2) is 10.3. The molecule has 0 heterocycles. The topological polar surface area (TPSA) is 95.9 Å². The minimum atomic E-state index is -1.18. The summed E-state index contributed by atoms with van der Waals surface area (Å²) < 4.78 is 5.49. The van der Waals surface area contributed by atoms with Crippen molar-refractivity contribution in [2.75, 3.05) is 13.2 Å². The Hall–Kier alpha value is -3.35. The summed E-state index contributed by atoms with van der Waals surface area (Å²) in [5.74, 6) is -1.70. The fourth-order valence-electron chi connectivity index (χ4n) is 4.26. The molecule has 2 aromatic rings. The van der Waals surface area contributed by atoms with Crippen molar-refractivity contribution < 1.29 is 24.2 Å². The van der Waals surface area contributed by atoms with Crippen molar-refractivity contribution in [3.63, 3.8) is 0 Å². The predicted molar refractivity (Wildman–Crippen MR) is 121 cm³/mol.